The molecule has 8 heteroatoms. The highest BCUT2D eigenvalue weighted by Crippen LogP contribution is 2.44. The molecule has 6 rings (SSSR count). The maximum absolute atomic E-state index is 11.5. The van der Waals surface area contributed by atoms with E-state index in [1.165, 1.54) is 0 Å². The second-order valence-corrected chi connectivity index (χ2v) is 9.06. The number of pyridine rings is 1. The molecule has 1 amide bonds. The topological polar surface area (TPSA) is 91.2 Å². The SMILES string of the molecule is CC(=O)N1CC2(CCC(Nc3ncc4c(-c5ccc6nccn6c5)c[nH]c4n3)CC2)C1. The Morgan fingerprint density at radius 2 is 2.06 bits per heavy atom. The van der Waals surface area contributed by atoms with Crippen molar-refractivity contribution < 1.29 is 4.79 Å². The maximum atomic E-state index is 11.5. The van der Waals surface area contributed by atoms with E-state index in [0.29, 0.717) is 17.4 Å². The van der Waals surface area contributed by atoms with Crippen LogP contribution < -0.4 is 5.32 Å². The summed E-state index contributed by atoms with van der Waals surface area (Å²) in [6, 6.07) is 4.47. The molecule has 31 heavy (non-hydrogen) atoms. The summed E-state index contributed by atoms with van der Waals surface area (Å²) in [5.41, 5.74) is 4.29. The molecule has 1 aliphatic carbocycles. The van der Waals surface area contributed by atoms with Gasteiger partial charge in [-0.1, -0.05) is 0 Å². The quantitative estimate of drug-likeness (QED) is 0.535. The van der Waals surface area contributed by atoms with Crippen molar-refractivity contribution in [2.75, 3.05) is 18.4 Å². The van der Waals surface area contributed by atoms with Crippen LogP contribution in [0, 0.1) is 5.41 Å². The van der Waals surface area contributed by atoms with Gasteiger partial charge in [-0.05, 0) is 37.8 Å². The number of likely N-dealkylation sites (tertiary alicyclic amines) is 1. The van der Waals surface area contributed by atoms with E-state index in [4.69, 9.17) is 4.98 Å². The molecule has 4 aromatic rings. The van der Waals surface area contributed by atoms with Gasteiger partial charge in [0.25, 0.3) is 0 Å². The summed E-state index contributed by atoms with van der Waals surface area (Å²) < 4.78 is 2.01. The highest BCUT2D eigenvalue weighted by molar-refractivity contribution is 5.93. The average molecular weight is 416 g/mol. The molecular weight excluding hydrogens is 390 g/mol. The van der Waals surface area contributed by atoms with Crippen molar-refractivity contribution in [3.8, 4) is 11.1 Å². The summed E-state index contributed by atoms with van der Waals surface area (Å²) in [6.45, 7) is 3.51. The van der Waals surface area contributed by atoms with Gasteiger partial charge < -0.3 is 19.6 Å². The van der Waals surface area contributed by atoms with Gasteiger partial charge >= 0.3 is 0 Å². The molecule has 0 aromatic carbocycles. The molecule has 5 heterocycles. The maximum Gasteiger partial charge on any atom is 0.224 e. The Bertz CT molecular complexity index is 1270. The highest BCUT2D eigenvalue weighted by atomic mass is 16.2. The molecule has 4 aromatic heterocycles. The van der Waals surface area contributed by atoms with Crippen molar-refractivity contribution >= 4 is 28.5 Å². The fourth-order valence-electron chi connectivity index (χ4n) is 5.15. The van der Waals surface area contributed by atoms with Crippen LogP contribution in [0.3, 0.4) is 0 Å². The van der Waals surface area contributed by atoms with Gasteiger partial charge in [0.05, 0.1) is 0 Å². The van der Waals surface area contributed by atoms with E-state index in [0.717, 1.165) is 66.6 Å². The number of hydrogen-bond acceptors (Lipinski definition) is 5. The van der Waals surface area contributed by atoms with Crippen LogP contribution >= 0.6 is 0 Å². The fraction of sp³-hybridized carbons (Fsp3) is 0.391. The van der Waals surface area contributed by atoms with Gasteiger partial charge in [-0.15, -0.1) is 0 Å². The Balaban J connectivity index is 1.16. The predicted octanol–water partition coefficient (Wildman–Crippen LogP) is 3.48. The zero-order valence-electron chi connectivity index (χ0n) is 17.5. The van der Waals surface area contributed by atoms with Gasteiger partial charge in [0, 0.05) is 79.0 Å². The number of nitrogens with zero attached hydrogens (tertiary/aromatic N) is 5. The number of anilines is 1. The van der Waals surface area contributed by atoms with E-state index in [1.807, 2.05) is 34.0 Å². The van der Waals surface area contributed by atoms with Crippen LogP contribution in [0.2, 0.25) is 0 Å². The van der Waals surface area contributed by atoms with Crippen LogP contribution in [0.1, 0.15) is 32.6 Å². The number of imidazole rings is 1. The number of hydrogen-bond donors (Lipinski definition) is 2. The molecule has 0 bridgehead atoms. The predicted molar refractivity (Wildman–Crippen MR) is 119 cm³/mol. The molecule has 2 fully saturated rings. The number of aromatic nitrogens is 5. The van der Waals surface area contributed by atoms with E-state index in [2.05, 4.69) is 32.5 Å². The first-order chi connectivity index (χ1) is 15.1. The number of carbonyl (C=O) groups is 1. The lowest BCUT2D eigenvalue weighted by Gasteiger charge is -2.53. The molecule has 158 valence electrons. The summed E-state index contributed by atoms with van der Waals surface area (Å²) in [4.78, 5) is 30.4. The zero-order chi connectivity index (χ0) is 21.0. The van der Waals surface area contributed by atoms with E-state index >= 15 is 0 Å². The van der Waals surface area contributed by atoms with Crippen molar-refractivity contribution in [1.82, 2.24) is 29.2 Å². The van der Waals surface area contributed by atoms with Crippen LogP contribution in [0.15, 0.2) is 43.1 Å². The minimum absolute atomic E-state index is 0.197. The van der Waals surface area contributed by atoms with E-state index in [1.54, 1.807) is 13.1 Å². The largest absolute Gasteiger partial charge is 0.351 e. The van der Waals surface area contributed by atoms with Gasteiger partial charge in [0.1, 0.15) is 11.3 Å². The Labute approximate surface area is 179 Å². The summed E-state index contributed by atoms with van der Waals surface area (Å²) in [5.74, 6) is 0.869. The lowest BCUT2D eigenvalue weighted by Crippen LogP contribution is -2.59. The number of nitrogens with one attached hydrogen (secondary N) is 2. The van der Waals surface area contributed by atoms with Gasteiger partial charge in [-0.25, -0.2) is 9.97 Å². The van der Waals surface area contributed by atoms with Gasteiger partial charge in [-0.3, -0.25) is 4.79 Å². The normalized spacial score (nSPS) is 18.5. The van der Waals surface area contributed by atoms with Crippen LogP contribution in [0.25, 0.3) is 27.8 Å². The molecule has 1 aliphatic heterocycles. The molecule has 8 nitrogen and oxygen atoms in total. The van der Waals surface area contributed by atoms with E-state index < -0.39 is 0 Å². The summed E-state index contributed by atoms with van der Waals surface area (Å²) in [7, 11) is 0. The van der Waals surface area contributed by atoms with Crippen molar-refractivity contribution in [1.29, 1.82) is 0 Å². The number of aromatic amines is 1. The van der Waals surface area contributed by atoms with Crippen LogP contribution in [-0.4, -0.2) is 54.3 Å². The van der Waals surface area contributed by atoms with Crippen molar-refractivity contribution in [2.45, 2.75) is 38.6 Å². The Hall–Kier alpha value is -3.42. The number of H-pyrrole nitrogens is 1. The van der Waals surface area contributed by atoms with Gasteiger partial charge in [0.15, 0.2) is 0 Å². The van der Waals surface area contributed by atoms with Gasteiger partial charge in [0.2, 0.25) is 11.9 Å². The molecule has 0 atom stereocenters. The Morgan fingerprint density at radius 1 is 1.23 bits per heavy atom. The standard InChI is InChI=1S/C23H25N7O/c1-15(31)30-13-23(14-30)6-4-17(5-7-23)27-22-26-11-19-18(10-25-21(19)28-22)16-2-3-20-24-8-9-29(20)12-16/h2-3,8-12,17H,4-7,13-14H2,1H3,(H2,25,26,27,28). The number of carbonyl (C=O) groups excluding carboxylic acids is 1. The third-order valence-corrected chi connectivity index (χ3v) is 7.01. The third-order valence-electron chi connectivity index (χ3n) is 7.01. The van der Waals surface area contributed by atoms with Crippen LogP contribution in [0.5, 0.6) is 0 Å². The van der Waals surface area contributed by atoms with Gasteiger partial charge in [-0.2, -0.15) is 4.98 Å². The molecular formula is C23H25N7O. The van der Waals surface area contributed by atoms with E-state index in [9.17, 15) is 4.79 Å². The molecule has 0 radical (unpaired) electrons. The Morgan fingerprint density at radius 3 is 2.87 bits per heavy atom. The summed E-state index contributed by atoms with van der Waals surface area (Å²) in [5, 5.41) is 4.53. The molecule has 1 spiro atoms. The summed E-state index contributed by atoms with van der Waals surface area (Å²) in [6.07, 6.45) is 14.2. The number of amides is 1. The average Bonchev–Trinajstić information content (AvgIpc) is 3.38. The van der Waals surface area contributed by atoms with Crippen molar-refractivity contribution in [3.63, 3.8) is 0 Å². The Kier molecular flexibility index (Phi) is 4.03. The molecule has 1 saturated carbocycles. The minimum atomic E-state index is 0.197. The first kappa shape index (κ1) is 18.4. The zero-order valence-corrected chi connectivity index (χ0v) is 17.5. The first-order valence-corrected chi connectivity index (χ1v) is 10.9. The third kappa shape index (κ3) is 3.13. The smallest absolute Gasteiger partial charge is 0.224 e. The van der Waals surface area contributed by atoms with Crippen molar-refractivity contribution in [2.24, 2.45) is 5.41 Å². The van der Waals surface area contributed by atoms with Crippen LogP contribution in [0.4, 0.5) is 5.95 Å². The molecule has 0 unspecified atom stereocenters. The van der Waals surface area contributed by atoms with Crippen molar-refractivity contribution in [3.05, 3.63) is 43.1 Å². The second-order valence-electron chi connectivity index (χ2n) is 9.06. The van der Waals surface area contributed by atoms with E-state index in [-0.39, 0.29) is 5.91 Å². The first-order valence-electron chi connectivity index (χ1n) is 10.9. The monoisotopic (exact) mass is 415 g/mol. The molecule has 1 saturated heterocycles. The lowest BCUT2D eigenvalue weighted by molar-refractivity contribution is -0.143. The summed E-state index contributed by atoms with van der Waals surface area (Å²) >= 11 is 0. The molecule has 2 N–H and O–H groups in total. The molecule has 2 aliphatic rings. The minimum Gasteiger partial charge on any atom is -0.351 e. The van der Waals surface area contributed by atoms with Crippen LogP contribution in [-0.2, 0) is 4.79 Å². The number of rotatable bonds is 3. The highest BCUT2D eigenvalue weighted by Gasteiger charge is 2.46. The second kappa shape index (κ2) is 6.80. The number of fused-ring (bicyclic) bond motifs is 2. The lowest BCUT2D eigenvalue weighted by atomic mass is 9.67. The fourth-order valence-corrected chi connectivity index (χ4v) is 5.15.